The number of benzene rings is 1. The summed E-state index contributed by atoms with van der Waals surface area (Å²) in [5, 5.41) is 11.8. The van der Waals surface area contributed by atoms with Gasteiger partial charge in [-0.2, -0.15) is 5.26 Å². The second-order valence-corrected chi connectivity index (χ2v) is 4.63. The zero-order chi connectivity index (χ0) is 14.6. The Hall–Kier alpha value is -1.73. The maximum atomic E-state index is 8.46. The Morgan fingerprint density at radius 3 is 2.80 bits per heavy atom. The lowest BCUT2D eigenvalue weighted by Crippen LogP contribution is -2.14. The third-order valence-corrected chi connectivity index (χ3v) is 2.91. The van der Waals surface area contributed by atoms with Crippen LogP contribution in [-0.2, 0) is 6.54 Å². The van der Waals surface area contributed by atoms with Crippen molar-refractivity contribution in [3.63, 3.8) is 0 Å². The molecule has 0 aliphatic rings. The summed E-state index contributed by atoms with van der Waals surface area (Å²) >= 11 is 0. The lowest BCUT2D eigenvalue weighted by molar-refractivity contribution is 0.294. The molecular formula is C16H24N2O2. The molecule has 0 heterocycles. The molecule has 0 saturated heterocycles. The molecular weight excluding hydrogens is 252 g/mol. The quantitative estimate of drug-likeness (QED) is 0.666. The molecule has 1 aromatic rings. The van der Waals surface area contributed by atoms with E-state index in [1.54, 1.807) is 7.11 Å². The second kappa shape index (κ2) is 10.1. The smallest absolute Gasteiger partial charge is 0.161 e. The van der Waals surface area contributed by atoms with Crippen LogP contribution < -0.4 is 14.8 Å². The normalized spacial score (nSPS) is 10.1. The van der Waals surface area contributed by atoms with Crippen molar-refractivity contribution in [3.05, 3.63) is 23.8 Å². The highest BCUT2D eigenvalue weighted by Gasteiger charge is 2.05. The number of nitrogens with zero attached hydrogens (tertiary/aromatic N) is 1. The summed E-state index contributed by atoms with van der Waals surface area (Å²) in [7, 11) is 1.65. The number of ether oxygens (including phenoxy) is 2. The molecule has 4 heteroatoms. The second-order valence-electron chi connectivity index (χ2n) is 4.63. The zero-order valence-electron chi connectivity index (χ0n) is 12.4. The van der Waals surface area contributed by atoms with E-state index in [1.807, 2.05) is 18.2 Å². The van der Waals surface area contributed by atoms with Crippen molar-refractivity contribution in [1.82, 2.24) is 5.32 Å². The van der Waals surface area contributed by atoms with Gasteiger partial charge in [0.25, 0.3) is 0 Å². The Kier molecular flexibility index (Phi) is 8.25. The molecule has 4 nitrogen and oxygen atoms in total. The van der Waals surface area contributed by atoms with Gasteiger partial charge >= 0.3 is 0 Å². The fraction of sp³-hybridized carbons (Fsp3) is 0.562. The van der Waals surface area contributed by atoms with Crippen LogP contribution in [0.25, 0.3) is 0 Å². The Morgan fingerprint density at radius 1 is 1.25 bits per heavy atom. The maximum Gasteiger partial charge on any atom is 0.161 e. The van der Waals surface area contributed by atoms with Crippen LogP contribution in [0.5, 0.6) is 11.5 Å². The van der Waals surface area contributed by atoms with E-state index in [4.69, 9.17) is 14.7 Å². The fourth-order valence-electron chi connectivity index (χ4n) is 1.84. The van der Waals surface area contributed by atoms with Gasteiger partial charge in [-0.15, -0.1) is 0 Å². The van der Waals surface area contributed by atoms with Gasteiger partial charge in [-0.3, -0.25) is 0 Å². The number of unbranched alkanes of at least 4 members (excludes halogenated alkanes) is 2. The number of rotatable bonds is 10. The molecule has 0 aliphatic heterocycles. The van der Waals surface area contributed by atoms with Crippen molar-refractivity contribution >= 4 is 0 Å². The van der Waals surface area contributed by atoms with Gasteiger partial charge in [0.1, 0.15) is 0 Å². The van der Waals surface area contributed by atoms with Crippen molar-refractivity contribution in [1.29, 1.82) is 5.26 Å². The van der Waals surface area contributed by atoms with Crippen LogP contribution >= 0.6 is 0 Å². The summed E-state index contributed by atoms with van der Waals surface area (Å²) in [6, 6.07) is 8.17. The van der Waals surface area contributed by atoms with Gasteiger partial charge in [-0.05, 0) is 43.5 Å². The monoisotopic (exact) mass is 276 g/mol. The molecule has 0 fully saturated rings. The summed E-state index contributed by atoms with van der Waals surface area (Å²) in [4.78, 5) is 0. The first-order valence-corrected chi connectivity index (χ1v) is 7.19. The number of methoxy groups -OCH3 is 1. The summed E-state index contributed by atoms with van der Waals surface area (Å²) in [6.45, 7) is 4.51. The molecule has 0 aromatic heterocycles. The molecule has 0 spiro atoms. The van der Waals surface area contributed by atoms with Crippen molar-refractivity contribution < 1.29 is 9.47 Å². The van der Waals surface area contributed by atoms with Crippen LogP contribution in [0.15, 0.2) is 18.2 Å². The summed E-state index contributed by atoms with van der Waals surface area (Å²) in [6.07, 6.45) is 3.60. The average molecular weight is 276 g/mol. The van der Waals surface area contributed by atoms with Gasteiger partial charge < -0.3 is 14.8 Å². The Morgan fingerprint density at radius 2 is 2.10 bits per heavy atom. The molecule has 20 heavy (non-hydrogen) atoms. The highest BCUT2D eigenvalue weighted by Crippen LogP contribution is 2.28. The van der Waals surface area contributed by atoms with E-state index in [0.29, 0.717) is 13.0 Å². The van der Waals surface area contributed by atoms with E-state index in [0.717, 1.165) is 43.9 Å². The van der Waals surface area contributed by atoms with Crippen molar-refractivity contribution in [2.24, 2.45) is 0 Å². The van der Waals surface area contributed by atoms with Crippen LogP contribution in [0.3, 0.4) is 0 Å². The first-order chi connectivity index (χ1) is 9.81. The van der Waals surface area contributed by atoms with E-state index < -0.39 is 0 Å². The minimum absolute atomic E-state index is 0.638. The molecule has 1 aromatic carbocycles. The van der Waals surface area contributed by atoms with Crippen LogP contribution in [0.4, 0.5) is 0 Å². The molecule has 0 bridgehead atoms. The van der Waals surface area contributed by atoms with Gasteiger partial charge in [0.05, 0.1) is 19.8 Å². The third kappa shape index (κ3) is 5.94. The van der Waals surface area contributed by atoms with Gasteiger partial charge in [0, 0.05) is 13.0 Å². The molecule has 0 atom stereocenters. The number of hydrogen-bond acceptors (Lipinski definition) is 4. The number of nitrogens with one attached hydrogen (secondary N) is 1. The summed E-state index contributed by atoms with van der Waals surface area (Å²) < 4.78 is 11.0. The van der Waals surface area contributed by atoms with Gasteiger partial charge in [0.15, 0.2) is 11.5 Å². The van der Waals surface area contributed by atoms with Crippen LogP contribution in [0.1, 0.15) is 38.2 Å². The largest absolute Gasteiger partial charge is 0.493 e. The van der Waals surface area contributed by atoms with Crippen molar-refractivity contribution in [2.75, 3.05) is 20.3 Å². The summed E-state index contributed by atoms with van der Waals surface area (Å²) in [5.41, 5.74) is 1.18. The van der Waals surface area contributed by atoms with E-state index in [1.165, 1.54) is 5.56 Å². The Bertz CT molecular complexity index is 427. The Balaban J connectivity index is 2.43. The lowest BCUT2D eigenvalue weighted by Gasteiger charge is -2.12. The number of nitriles is 1. The van der Waals surface area contributed by atoms with Gasteiger partial charge in [-0.25, -0.2) is 0 Å². The highest BCUT2D eigenvalue weighted by molar-refractivity contribution is 5.42. The van der Waals surface area contributed by atoms with E-state index in [-0.39, 0.29) is 0 Å². The highest BCUT2D eigenvalue weighted by atomic mass is 16.5. The molecule has 0 unspecified atom stereocenters. The fourth-order valence-corrected chi connectivity index (χ4v) is 1.84. The first kappa shape index (κ1) is 16.3. The van der Waals surface area contributed by atoms with Crippen LogP contribution in [-0.4, -0.2) is 20.3 Å². The predicted molar refractivity (Wildman–Crippen MR) is 80.0 cm³/mol. The molecule has 110 valence electrons. The SMILES string of the molecule is CCCOc1cc(CNCCCCC#N)ccc1OC. The third-order valence-electron chi connectivity index (χ3n) is 2.91. The molecule has 0 aliphatic carbocycles. The van der Waals surface area contributed by atoms with E-state index in [9.17, 15) is 0 Å². The zero-order valence-corrected chi connectivity index (χ0v) is 12.4. The molecule has 0 saturated carbocycles. The van der Waals surface area contributed by atoms with E-state index in [2.05, 4.69) is 18.3 Å². The minimum Gasteiger partial charge on any atom is -0.493 e. The molecule has 1 rings (SSSR count). The minimum atomic E-state index is 0.638. The lowest BCUT2D eigenvalue weighted by atomic mass is 10.2. The van der Waals surface area contributed by atoms with Crippen molar-refractivity contribution in [3.8, 4) is 17.6 Å². The first-order valence-electron chi connectivity index (χ1n) is 7.19. The van der Waals surface area contributed by atoms with Crippen LogP contribution in [0.2, 0.25) is 0 Å². The maximum absolute atomic E-state index is 8.46. The van der Waals surface area contributed by atoms with E-state index >= 15 is 0 Å². The summed E-state index contributed by atoms with van der Waals surface area (Å²) in [5.74, 6) is 1.58. The molecule has 0 amide bonds. The number of hydrogen-bond donors (Lipinski definition) is 1. The van der Waals surface area contributed by atoms with Crippen LogP contribution in [0, 0.1) is 11.3 Å². The van der Waals surface area contributed by atoms with Gasteiger partial charge in [-0.1, -0.05) is 13.0 Å². The Labute approximate surface area is 121 Å². The standard InChI is InChI=1S/C16H24N2O2/c1-3-11-20-16-12-14(7-8-15(16)19-2)13-18-10-6-4-5-9-17/h7-8,12,18H,3-6,10-11,13H2,1-2H3. The average Bonchev–Trinajstić information content (AvgIpc) is 2.48. The van der Waals surface area contributed by atoms with Gasteiger partial charge in [0.2, 0.25) is 0 Å². The molecule has 0 radical (unpaired) electrons. The van der Waals surface area contributed by atoms with Crippen molar-refractivity contribution in [2.45, 2.75) is 39.2 Å². The molecule has 1 N–H and O–H groups in total. The topological polar surface area (TPSA) is 54.3 Å². The predicted octanol–water partition coefficient (Wildman–Crippen LogP) is 3.27.